The van der Waals surface area contributed by atoms with Crippen LogP contribution in [0.2, 0.25) is 5.02 Å². The first-order valence-electron chi connectivity index (χ1n) is 11.7. The predicted molar refractivity (Wildman–Crippen MR) is 128 cm³/mol. The molecule has 1 aliphatic carbocycles. The SMILES string of the molecule is CN(C)C(=O)c1cc(F)c2c(c1)CC[C@H]2Nc1nc2nc(O[C@@H]3COC4C3OC[C@H]4O)[nH]c2cc1Cl. The van der Waals surface area contributed by atoms with Crippen molar-refractivity contribution in [2.75, 3.05) is 32.6 Å². The van der Waals surface area contributed by atoms with E-state index >= 15 is 4.39 Å². The van der Waals surface area contributed by atoms with Gasteiger partial charge >= 0.3 is 0 Å². The standard InChI is InChI=1S/C24H25ClFN5O5/c1-31(2)23(33)11-5-10-3-4-14(18(10)13(26)6-11)27-21-12(25)7-15-22(29-21)30-24(28-15)36-17-9-35-19-16(32)8-34-20(17)19/h5-7,14,16-17,19-20,32H,3-4,8-9H2,1-2H3,(H2,27,28,29,30)/t14-,16-,17-,19?,20?/m1/s1. The van der Waals surface area contributed by atoms with Crippen molar-refractivity contribution in [3.05, 3.63) is 45.7 Å². The molecule has 2 aliphatic heterocycles. The fourth-order valence-corrected chi connectivity index (χ4v) is 5.35. The Morgan fingerprint density at radius 1 is 1.25 bits per heavy atom. The summed E-state index contributed by atoms with van der Waals surface area (Å²) >= 11 is 6.49. The van der Waals surface area contributed by atoms with Crippen LogP contribution in [0.4, 0.5) is 10.2 Å². The van der Waals surface area contributed by atoms with E-state index < -0.39 is 24.1 Å². The molecule has 0 saturated carbocycles. The predicted octanol–water partition coefficient (Wildman–Crippen LogP) is 2.46. The highest BCUT2D eigenvalue weighted by atomic mass is 35.5. The van der Waals surface area contributed by atoms with Gasteiger partial charge in [-0.05, 0) is 36.6 Å². The second-order valence-electron chi connectivity index (χ2n) is 9.52. The van der Waals surface area contributed by atoms with E-state index in [0.717, 1.165) is 5.56 Å². The van der Waals surface area contributed by atoms with Crippen LogP contribution in [0.25, 0.3) is 11.2 Å². The topological polar surface area (TPSA) is 122 Å². The van der Waals surface area contributed by atoms with Gasteiger partial charge in [0.05, 0.1) is 29.8 Å². The maximum absolute atomic E-state index is 15.1. The number of H-pyrrole nitrogens is 1. The number of hydrogen-bond acceptors (Lipinski definition) is 8. The van der Waals surface area contributed by atoms with E-state index in [9.17, 15) is 9.90 Å². The third kappa shape index (κ3) is 3.96. The number of rotatable bonds is 5. The molecular formula is C24H25ClFN5O5. The number of nitrogens with one attached hydrogen (secondary N) is 2. The number of carbonyl (C=O) groups excluding carboxylic acids is 1. The minimum Gasteiger partial charge on any atom is -0.456 e. The highest BCUT2D eigenvalue weighted by Crippen LogP contribution is 2.38. The molecule has 3 N–H and O–H groups in total. The van der Waals surface area contributed by atoms with Gasteiger partial charge in [-0.15, -0.1) is 0 Å². The summed E-state index contributed by atoms with van der Waals surface area (Å²) in [6.07, 6.45) is -0.599. The Morgan fingerprint density at radius 3 is 2.86 bits per heavy atom. The van der Waals surface area contributed by atoms with E-state index in [0.29, 0.717) is 46.0 Å². The number of aromatic amines is 1. The van der Waals surface area contributed by atoms with Crippen LogP contribution in [0.15, 0.2) is 18.2 Å². The number of nitrogens with zero attached hydrogens (tertiary/aromatic N) is 3. The summed E-state index contributed by atoms with van der Waals surface area (Å²) in [5.74, 6) is -0.300. The smallest absolute Gasteiger partial charge is 0.296 e. The van der Waals surface area contributed by atoms with Gasteiger partial charge in [0.1, 0.15) is 29.9 Å². The lowest BCUT2D eigenvalue weighted by molar-refractivity contribution is 0.00706. The summed E-state index contributed by atoms with van der Waals surface area (Å²) < 4.78 is 32.2. The van der Waals surface area contributed by atoms with Crippen LogP contribution in [-0.4, -0.2) is 82.6 Å². The van der Waals surface area contributed by atoms with Gasteiger partial charge in [0.15, 0.2) is 11.8 Å². The first-order chi connectivity index (χ1) is 17.3. The van der Waals surface area contributed by atoms with Gasteiger partial charge in [0.2, 0.25) is 0 Å². The van der Waals surface area contributed by atoms with Crippen LogP contribution < -0.4 is 10.1 Å². The van der Waals surface area contributed by atoms with Gasteiger partial charge in [-0.3, -0.25) is 4.79 Å². The van der Waals surface area contributed by atoms with E-state index in [2.05, 4.69) is 20.3 Å². The molecule has 12 heteroatoms. The molecular weight excluding hydrogens is 493 g/mol. The third-order valence-corrected chi connectivity index (χ3v) is 7.17. The lowest BCUT2D eigenvalue weighted by atomic mass is 10.0. The molecule has 2 aromatic heterocycles. The number of benzene rings is 1. The minimum atomic E-state index is -0.668. The molecule has 3 aliphatic rings. The van der Waals surface area contributed by atoms with Crippen LogP contribution in [0.5, 0.6) is 6.01 Å². The second kappa shape index (κ2) is 8.84. The van der Waals surface area contributed by atoms with Crippen LogP contribution >= 0.6 is 11.6 Å². The normalized spacial score (nSPS) is 26.8. The van der Waals surface area contributed by atoms with Gasteiger partial charge < -0.3 is 34.5 Å². The van der Waals surface area contributed by atoms with Gasteiger partial charge in [-0.1, -0.05) is 11.6 Å². The molecule has 4 heterocycles. The van der Waals surface area contributed by atoms with Crippen molar-refractivity contribution < 1.29 is 28.5 Å². The summed E-state index contributed by atoms with van der Waals surface area (Å²) in [5, 5.41) is 13.5. The number of aryl methyl sites for hydroxylation is 1. The van der Waals surface area contributed by atoms with Crippen LogP contribution in [-0.2, 0) is 15.9 Å². The number of ether oxygens (including phenoxy) is 3. The molecule has 3 aromatic rings. The first kappa shape index (κ1) is 23.4. The number of hydrogen-bond donors (Lipinski definition) is 3. The van der Waals surface area contributed by atoms with Crippen molar-refractivity contribution in [2.24, 2.45) is 0 Å². The fraction of sp³-hybridized carbons (Fsp3) is 0.458. The molecule has 190 valence electrons. The molecule has 10 nitrogen and oxygen atoms in total. The quantitative estimate of drug-likeness (QED) is 0.472. The maximum atomic E-state index is 15.1. The Kier molecular flexibility index (Phi) is 5.75. The minimum absolute atomic E-state index is 0.208. The number of carbonyl (C=O) groups is 1. The van der Waals surface area contributed by atoms with Crippen LogP contribution in [0.3, 0.4) is 0 Å². The van der Waals surface area contributed by atoms with Crippen molar-refractivity contribution in [1.82, 2.24) is 19.9 Å². The number of aromatic nitrogens is 3. The van der Waals surface area contributed by atoms with E-state index in [1.54, 1.807) is 26.2 Å². The Balaban J connectivity index is 1.22. The molecule has 1 aromatic carbocycles. The first-order valence-corrected chi connectivity index (χ1v) is 12.1. The lowest BCUT2D eigenvalue weighted by Crippen LogP contribution is -2.34. The number of aliphatic hydroxyl groups excluding tert-OH is 1. The van der Waals surface area contributed by atoms with Gasteiger partial charge in [-0.2, -0.15) is 4.98 Å². The molecule has 6 rings (SSSR count). The number of halogens is 2. The Morgan fingerprint density at radius 2 is 2.06 bits per heavy atom. The van der Waals surface area contributed by atoms with E-state index in [4.69, 9.17) is 25.8 Å². The summed E-state index contributed by atoms with van der Waals surface area (Å²) in [6.45, 7) is 0.485. The summed E-state index contributed by atoms with van der Waals surface area (Å²) in [5.41, 5.74) is 2.60. The van der Waals surface area contributed by atoms with Crippen molar-refractivity contribution in [3.63, 3.8) is 0 Å². The van der Waals surface area contributed by atoms with E-state index in [-0.39, 0.29) is 37.3 Å². The van der Waals surface area contributed by atoms with Crippen molar-refractivity contribution in [2.45, 2.75) is 43.3 Å². The summed E-state index contributed by atoms with van der Waals surface area (Å²) in [7, 11) is 3.27. The zero-order valence-electron chi connectivity index (χ0n) is 19.6. The second-order valence-corrected chi connectivity index (χ2v) is 9.92. The molecule has 2 unspecified atom stereocenters. The maximum Gasteiger partial charge on any atom is 0.296 e. The van der Waals surface area contributed by atoms with E-state index in [1.807, 2.05) is 0 Å². The number of pyridine rings is 1. The summed E-state index contributed by atoms with van der Waals surface area (Å²) in [6, 6.07) is 4.60. The average molecular weight is 518 g/mol. The zero-order valence-corrected chi connectivity index (χ0v) is 20.4. The highest BCUT2D eigenvalue weighted by Gasteiger charge is 2.48. The Hall–Kier alpha value is -2.99. The van der Waals surface area contributed by atoms with Gasteiger partial charge in [-0.25, -0.2) is 9.37 Å². The van der Waals surface area contributed by atoms with E-state index in [1.165, 1.54) is 11.0 Å². The molecule has 36 heavy (non-hydrogen) atoms. The molecule has 1 amide bonds. The average Bonchev–Trinajstić information content (AvgIpc) is 3.60. The molecule has 0 radical (unpaired) electrons. The number of amides is 1. The Bertz CT molecular complexity index is 1350. The number of imidazole rings is 1. The molecule has 2 fully saturated rings. The number of aliphatic hydroxyl groups is 1. The molecule has 2 saturated heterocycles. The Labute approximate surface area is 210 Å². The fourth-order valence-electron chi connectivity index (χ4n) is 5.15. The zero-order chi connectivity index (χ0) is 25.1. The van der Waals surface area contributed by atoms with Gasteiger partial charge in [0.25, 0.3) is 11.9 Å². The lowest BCUT2D eigenvalue weighted by Gasteiger charge is -2.17. The van der Waals surface area contributed by atoms with Crippen molar-refractivity contribution in [3.8, 4) is 6.01 Å². The van der Waals surface area contributed by atoms with Crippen molar-refractivity contribution in [1.29, 1.82) is 0 Å². The van der Waals surface area contributed by atoms with Crippen LogP contribution in [0, 0.1) is 5.82 Å². The van der Waals surface area contributed by atoms with Crippen LogP contribution in [0.1, 0.15) is 33.9 Å². The van der Waals surface area contributed by atoms with Gasteiger partial charge in [0, 0.05) is 25.2 Å². The third-order valence-electron chi connectivity index (χ3n) is 6.88. The number of anilines is 1. The highest BCUT2D eigenvalue weighted by molar-refractivity contribution is 6.33. The molecule has 0 bridgehead atoms. The summed E-state index contributed by atoms with van der Waals surface area (Å²) in [4.78, 5) is 25.7. The monoisotopic (exact) mass is 517 g/mol. The largest absolute Gasteiger partial charge is 0.456 e. The van der Waals surface area contributed by atoms with Crippen molar-refractivity contribution >= 4 is 34.5 Å². The molecule has 0 spiro atoms. The molecule has 5 atom stereocenters. The number of fused-ring (bicyclic) bond motifs is 3.